The smallest absolute Gasteiger partial charge is 0.227 e. The van der Waals surface area contributed by atoms with Crippen LogP contribution in [0.2, 0.25) is 0 Å². The molecule has 3 aromatic rings. The zero-order chi connectivity index (χ0) is 16.9. The first-order chi connectivity index (χ1) is 11.7. The van der Waals surface area contributed by atoms with Gasteiger partial charge in [-0.1, -0.05) is 12.6 Å². The summed E-state index contributed by atoms with van der Waals surface area (Å²) in [5, 5.41) is 4.33. The Bertz CT molecular complexity index is 926. The van der Waals surface area contributed by atoms with Gasteiger partial charge in [0.15, 0.2) is 0 Å². The summed E-state index contributed by atoms with van der Waals surface area (Å²) in [4.78, 5) is 15.9. The average molecular weight is 319 g/mol. The molecule has 2 heterocycles. The number of aromatic nitrogens is 3. The van der Waals surface area contributed by atoms with E-state index in [4.69, 9.17) is 4.74 Å². The summed E-state index contributed by atoms with van der Waals surface area (Å²) in [7, 11) is 1.54. The molecule has 0 fully saturated rings. The molecular formula is C18H17N5O. The van der Waals surface area contributed by atoms with Crippen LogP contribution in [0, 0.1) is 0 Å². The first-order valence-corrected chi connectivity index (χ1v) is 7.28. The fourth-order valence-electron chi connectivity index (χ4n) is 2.23. The van der Waals surface area contributed by atoms with Crippen molar-refractivity contribution < 1.29 is 4.74 Å². The van der Waals surface area contributed by atoms with Crippen molar-refractivity contribution in [1.82, 2.24) is 15.0 Å². The van der Waals surface area contributed by atoms with Crippen LogP contribution in [0.15, 0.2) is 66.1 Å². The van der Waals surface area contributed by atoms with Gasteiger partial charge in [-0.05, 0) is 36.4 Å². The maximum Gasteiger partial charge on any atom is 0.227 e. The molecule has 2 aromatic heterocycles. The molecule has 0 bridgehead atoms. The van der Waals surface area contributed by atoms with E-state index in [1.54, 1.807) is 25.4 Å². The van der Waals surface area contributed by atoms with Gasteiger partial charge in [-0.15, -0.1) is 0 Å². The molecule has 0 saturated carbocycles. The first kappa shape index (κ1) is 15.5. The van der Waals surface area contributed by atoms with Gasteiger partial charge < -0.3 is 15.0 Å². The van der Waals surface area contributed by atoms with E-state index in [9.17, 15) is 0 Å². The van der Waals surface area contributed by atoms with Gasteiger partial charge in [0, 0.05) is 29.7 Å². The van der Waals surface area contributed by atoms with Crippen molar-refractivity contribution in [3.8, 4) is 0 Å². The second-order valence-corrected chi connectivity index (χ2v) is 5.03. The summed E-state index contributed by atoms with van der Waals surface area (Å²) in [6.45, 7) is 7.32. The number of anilines is 2. The normalized spacial score (nSPS) is 11.3. The van der Waals surface area contributed by atoms with Gasteiger partial charge in [-0.3, -0.25) is 4.99 Å². The van der Waals surface area contributed by atoms with Crippen LogP contribution in [0.3, 0.4) is 0 Å². The summed E-state index contributed by atoms with van der Waals surface area (Å²) in [5.41, 5.74) is 3.12. The van der Waals surface area contributed by atoms with Crippen LogP contribution < -0.4 is 5.32 Å². The number of nitrogens with one attached hydrogen (secondary N) is 2. The Balaban J connectivity index is 1.88. The number of allylic oxidation sites excluding steroid dienone is 1. The Kier molecular flexibility index (Phi) is 4.38. The molecule has 6 heteroatoms. The summed E-state index contributed by atoms with van der Waals surface area (Å²) in [6.07, 6.45) is 5.23. The molecule has 0 atom stereocenters. The van der Waals surface area contributed by atoms with E-state index in [-0.39, 0.29) is 0 Å². The fourth-order valence-corrected chi connectivity index (χ4v) is 2.23. The lowest BCUT2D eigenvalue weighted by Gasteiger charge is -2.07. The quantitative estimate of drug-likeness (QED) is 0.410. The Morgan fingerprint density at radius 1 is 1.33 bits per heavy atom. The van der Waals surface area contributed by atoms with Gasteiger partial charge in [0.1, 0.15) is 5.76 Å². The Labute approximate surface area is 139 Å². The van der Waals surface area contributed by atoms with Gasteiger partial charge in [0.05, 0.1) is 18.5 Å². The molecule has 0 amide bonds. The average Bonchev–Trinajstić information content (AvgIpc) is 3.07. The van der Waals surface area contributed by atoms with Crippen LogP contribution in [0.4, 0.5) is 11.6 Å². The summed E-state index contributed by atoms with van der Waals surface area (Å²) >= 11 is 0. The van der Waals surface area contributed by atoms with Crippen molar-refractivity contribution in [2.24, 2.45) is 4.99 Å². The van der Waals surface area contributed by atoms with E-state index in [2.05, 4.69) is 38.6 Å². The molecule has 0 saturated heterocycles. The highest BCUT2D eigenvalue weighted by Gasteiger charge is 2.06. The predicted molar refractivity (Wildman–Crippen MR) is 97.3 cm³/mol. The lowest BCUT2D eigenvalue weighted by atomic mass is 10.2. The van der Waals surface area contributed by atoms with Crippen molar-refractivity contribution in [3.05, 3.63) is 66.8 Å². The predicted octanol–water partition coefficient (Wildman–Crippen LogP) is 3.90. The molecule has 24 heavy (non-hydrogen) atoms. The van der Waals surface area contributed by atoms with E-state index in [1.807, 2.05) is 30.5 Å². The maximum absolute atomic E-state index is 5.04. The van der Waals surface area contributed by atoms with E-state index in [0.717, 1.165) is 16.6 Å². The van der Waals surface area contributed by atoms with Crippen LogP contribution in [-0.2, 0) is 4.74 Å². The van der Waals surface area contributed by atoms with E-state index >= 15 is 0 Å². The lowest BCUT2D eigenvalue weighted by molar-refractivity contribution is 0.309. The van der Waals surface area contributed by atoms with Gasteiger partial charge in [-0.2, -0.15) is 0 Å². The standard InChI is InChI=1S/C18H17N5O/c1-12(24-3)10-17(19-2)15-7-9-21-18(23-15)22-14-5-4-13-6-8-20-16(13)11-14/h4-11,20H,1-2H2,3H3,(H,21,22,23)/b17-10-. The number of H-pyrrole nitrogens is 1. The summed E-state index contributed by atoms with van der Waals surface area (Å²) in [5.74, 6) is 0.943. The monoisotopic (exact) mass is 319 g/mol. The minimum absolute atomic E-state index is 0.469. The van der Waals surface area contributed by atoms with Gasteiger partial charge in [0.25, 0.3) is 0 Å². The van der Waals surface area contributed by atoms with Crippen LogP contribution >= 0.6 is 0 Å². The molecule has 1 aromatic carbocycles. The number of hydrogen-bond acceptors (Lipinski definition) is 5. The third kappa shape index (κ3) is 3.33. The van der Waals surface area contributed by atoms with Crippen LogP contribution in [0.25, 0.3) is 16.6 Å². The maximum atomic E-state index is 5.04. The Morgan fingerprint density at radius 2 is 2.21 bits per heavy atom. The first-order valence-electron chi connectivity index (χ1n) is 7.28. The topological polar surface area (TPSA) is 75.2 Å². The third-order valence-electron chi connectivity index (χ3n) is 3.46. The number of fused-ring (bicyclic) bond motifs is 1. The van der Waals surface area contributed by atoms with E-state index in [0.29, 0.717) is 23.1 Å². The summed E-state index contributed by atoms with van der Waals surface area (Å²) in [6, 6.07) is 9.77. The molecule has 6 nitrogen and oxygen atoms in total. The van der Waals surface area contributed by atoms with Crippen molar-refractivity contribution >= 4 is 35.0 Å². The van der Waals surface area contributed by atoms with Gasteiger partial charge in [-0.25, -0.2) is 9.97 Å². The lowest BCUT2D eigenvalue weighted by Crippen LogP contribution is -1.99. The van der Waals surface area contributed by atoms with Crippen LogP contribution in [0.1, 0.15) is 5.69 Å². The van der Waals surface area contributed by atoms with Crippen molar-refractivity contribution in [2.45, 2.75) is 0 Å². The molecule has 0 aliphatic carbocycles. The number of benzene rings is 1. The van der Waals surface area contributed by atoms with Crippen molar-refractivity contribution in [2.75, 3.05) is 12.4 Å². The molecule has 120 valence electrons. The van der Waals surface area contributed by atoms with Crippen molar-refractivity contribution in [3.63, 3.8) is 0 Å². The zero-order valence-corrected chi connectivity index (χ0v) is 13.3. The molecule has 3 rings (SSSR count). The second kappa shape index (κ2) is 6.78. The molecule has 0 unspecified atom stereocenters. The number of ether oxygens (including phenoxy) is 1. The van der Waals surface area contributed by atoms with Gasteiger partial charge in [0.2, 0.25) is 5.95 Å². The van der Waals surface area contributed by atoms with E-state index in [1.165, 1.54) is 0 Å². The van der Waals surface area contributed by atoms with Crippen LogP contribution in [-0.4, -0.2) is 28.8 Å². The minimum Gasteiger partial charge on any atom is -0.497 e. The largest absolute Gasteiger partial charge is 0.497 e. The van der Waals surface area contributed by atoms with Crippen LogP contribution in [0.5, 0.6) is 0 Å². The zero-order valence-electron chi connectivity index (χ0n) is 13.3. The second-order valence-electron chi connectivity index (χ2n) is 5.03. The number of methoxy groups -OCH3 is 1. The Hall–Kier alpha value is -3.41. The molecule has 0 radical (unpaired) electrons. The molecule has 0 aliphatic heterocycles. The third-order valence-corrected chi connectivity index (χ3v) is 3.46. The fraction of sp³-hybridized carbons (Fsp3) is 0.0556. The number of hydrogen-bond donors (Lipinski definition) is 2. The number of aliphatic imine (C=N–C) groups is 1. The highest BCUT2D eigenvalue weighted by Crippen LogP contribution is 2.21. The number of nitrogens with zero attached hydrogens (tertiary/aromatic N) is 3. The highest BCUT2D eigenvalue weighted by atomic mass is 16.5. The van der Waals surface area contributed by atoms with Crippen molar-refractivity contribution in [1.29, 1.82) is 0 Å². The van der Waals surface area contributed by atoms with E-state index < -0.39 is 0 Å². The molecule has 0 spiro atoms. The Morgan fingerprint density at radius 3 is 3.00 bits per heavy atom. The summed E-state index contributed by atoms with van der Waals surface area (Å²) < 4.78 is 5.04. The SMILES string of the molecule is C=N/C(=C\C(=C)OC)c1ccnc(Nc2ccc3cc[nH]c3c2)n1. The minimum atomic E-state index is 0.469. The molecular weight excluding hydrogens is 302 g/mol. The van der Waals surface area contributed by atoms with Gasteiger partial charge >= 0.3 is 0 Å². The molecule has 2 N–H and O–H groups in total. The number of rotatable bonds is 6. The highest BCUT2D eigenvalue weighted by molar-refractivity contribution is 5.83. The number of aromatic amines is 1. The molecule has 0 aliphatic rings.